The van der Waals surface area contributed by atoms with Gasteiger partial charge in [-0.05, 0) is 52.2 Å². The van der Waals surface area contributed by atoms with Gasteiger partial charge < -0.3 is 9.47 Å². The summed E-state index contributed by atoms with van der Waals surface area (Å²) >= 11 is 3.47. The molecule has 4 heteroatoms. The smallest absolute Gasteiger partial charge is 0.330 e. The number of hydrogen-bond donors (Lipinski definition) is 0. The molecule has 0 spiro atoms. The number of rotatable bonds is 6. The van der Waals surface area contributed by atoms with E-state index in [-0.39, 0.29) is 5.97 Å². The molecule has 0 aliphatic heterocycles. The van der Waals surface area contributed by atoms with Crippen LogP contribution in [-0.2, 0) is 16.1 Å². The van der Waals surface area contributed by atoms with Crippen LogP contribution in [0.2, 0.25) is 0 Å². The van der Waals surface area contributed by atoms with Gasteiger partial charge in [0, 0.05) is 6.08 Å². The summed E-state index contributed by atoms with van der Waals surface area (Å²) in [5.41, 5.74) is 1.97. The normalized spacial score (nSPS) is 10.6. The number of carbonyl (C=O) groups excluding carboxylic acids is 1. The second kappa shape index (κ2) is 8.39. The summed E-state index contributed by atoms with van der Waals surface area (Å²) in [5.74, 6) is 0.382. The minimum absolute atomic E-state index is 0.350. The van der Waals surface area contributed by atoms with Crippen LogP contribution < -0.4 is 4.74 Å². The molecule has 0 atom stereocenters. The highest BCUT2D eigenvalue weighted by Crippen LogP contribution is 2.27. The molecule has 0 aliphatic carbocycles. The number of esters is 1. The van der Waals surface area contributed by atoms with Crippen LogP contribution >= 0.6 is 15.9 Å². The Morgan fingerprint density at radius 1 is 1.18 bits per heavy atom. The van der Waals surface area contributed by atoms with Gasteiger partial charge in [0.2, 0.25) is 0 Å². The SMILES string of the molecule is CCOC(=O)C=Cc1ccc(Br)c(OCc2ccccc2)c1. The molecule has 0 unspecified atom stereocenters. The van der Waals surface area contributed by atoms with E-state index in [2.05, 4.69) is 15.9 Å². The molecule has 2 aromatic rings. The lowest BCUT2D eigenvalue weighted by Gasteiger charge is -2.09. The lowest BCUT2D eigenvalue weighted by Crippen LogP contribution is -1.99. The average Bonchev–Trinajstić information content (AvgIpc) is 2.54. The molecule has 22 heavy (non-hydrogen) atoms. The quantitative estimate of drug-likeness (QED) is 0.557. The molecule has 0 saturated heterocycles. The van der Waals surface area contributed by atoms with Crippen molar-refractivity contribution in [2.24, 2.45) is 0 Å². The third kappa shape index (κ3) is 5.04. The largest absolute Gasteiger partial charge is 0.488 e. The zero-order valence-corrected chi connectivity index (χ0v) is 13.9. The van der Waals surface area contributed by atoms with E-state index >= 15 is 0 Å². The molecule has 2 aromatic carbocycles. The van der Waals surface area contributed by atoms with Crippen LogP contribution in [0.25, 0.3) is 6.08 Å². The molecular weight excluding hydrogens is 344 g/mol. The summed E-state index contributed by atoms with van der Waals surface area (Å²) in [6.45, 7) is 2.64. The van der Waals surface area contributed by atoms with Crippen LogP contribution in [0.1, 0.15) is 18.1 Å². The number of halogens is 1. The first-order valence-corrected chi connectivity index (χ1v) is 7.79. The van der Waals surface area contributed by atoms with Crippen molar-refractivity contribution in [2.75, 3.05) is 6.61 Å². The molecule has 0 bridgehead atoms. The van der Waals surface area contributed by atoms with Crippen molar-refractivity contribution in [1.82, 2.24) is 0 Å². The van der Waals surface area contributed by atoms with Crippen molar-refractivity contribution in [2.45, 2.75) is 13.5 Å². The fourth-order valence-electron chi connectivity index (χ4n) is 1.82. The monoisotopic (exact) mass is 360 g/mol. The number of carbonyl (C=O) groups is 1. The van der Waals surface area contributed by atoms with Gasteiger partial charge in [0.1, 0.15) is 12.4 Å². The van der Waals surface area contributed by atoms with Gasteiger partial charge in [0.25, 0.3) is 0 Å². The predicted molar refractivity (Wildman–Crippen MR) is 90.6 cm³/mol. The van der Waals surface area contributed by atoms with E-state index in [1.54, 1.807) is 13.0 Å². The van der Waals surface area contributed by atoms with Crippen molar-refractivity contribution in [3.63, 3.8) is 0 Å². The lowest BCUT2D eigenvalue weighted by molar-refractivity contribution is -0.137. The summed E-state index contributed by atoms with van der Waals surface area (Å²) < 4.78 is 11.5. The van der Waals surface area contributed by atoms with E-state index in [0.29, 0.717) is 13.2 Å². The minimum Gasteiger partial charge on any atom is -0.488 e. The third-order valence-electron chi connectivity index (χ3n) is 2.89. The zero-order valence-electron chi connectivity index (χ0n) is 12.3. The highest BCUT2D eigenvalue weighted by Gasteiger charge is 2.03. The van der Waals surface area contributed by atoms with Gasteiger partial charge in [0.15, 0.2) is 0 Å². The predicted octanol–water partition coefficient (Wildman–Crippen LogP) is 4.60. The summed E-state index contributed by atoms with van der Waals surface area (Å²) in [6.07, 6.45) is 3.12. The van der Waals surface area contributed by atoms with E-state index in [4.69, 9.17) is 9.47 Å². The highest BCUT2D eigenvalue weighted by molar-refractivity contribution is 9.10. The fourth-order valence-corrected chi connectivity index (χ4v) is 2.19. The summed E-state index contributed by atoms with van der Waals surface area (Å²) in [5, 5.41) is 0. The summed E-state index contributed by atoms with van der Waals surface area (Å²) in [4.78, 5) is 11.3. The Bertz CT molecular complexity index is 651. The molecule has 0 fully saturated rings. The van der Waals surface area contributed by atoms with Gasteiger partial charge in [-0.2, -0.15) is 0 Å². The molecule has 0 aliphatic rings. The molecule has 0 N–H and O–H groups in total. The van der Waals surface area contributed by atoms with E-state index in [1.165, 1.54) is 6.08 Å². The molecule has 3 nitrogen and oxygen atoms in total. The first-order chi connectivity index (χ1) is 10.7. The van der Waals surface area contributed by atoms with Crippen LogP contribution in [0.4, 0.5) is 0 Å². The van der Waals surface area contributed by atoms with Crippen molar-refractivity contribution in [3.8, 4) is 5.75 Å². The van der Waals surface area contributed by atoms with Gasteiger partial charge in [0.05, 0.1) is 11.1 Å². The maximum absolute atomic E-state index is 11.3. The fraction of sp³-hybridized carbons (Fsp3) is 0.167. The molecule has 2 rings (SSSR count). The van der Waals surface area contributed by atoms with Crippen LogP contribution in [0.5, 0.6) is 5.75 Å². The average molecular weight is 361 g/mol. The van der Waals surface area contributed by atoms with Crippen LogP contribution in [0.15, 0.2) is 59.1 Å². The van der Waals surface area contributed by atoms with E-state index < -0.39 is 0 Å². The van der Waals surface area contributed by atoms with E-state index in [0.717, 1.165) is 21.3 Å². The van der Waals surface area contributed by atoms with Gasteiger partial charge in [-0.3, -0.25) is 0 Å². The summed E-state index contributed by atoms with van der Waals surface area (Å²) in [6, 6.07) is 15.6. The first-order valence-electron chi connectivity index (χ1n) is 7.00. The Labute approximate surface area is 138 Å². The Morgan fingerprint density at radius 2 is 1.95 bits per heavy atom. The van der Waals surface area contributed by atoms with Gasteiger partial charge in [-0.25, -0.2) is 4.79 Å². The molecule has 114 valence electrons. The Hall–Kier alpha value is -2.07. The Morgan fingerprint density at radius 3 is 2.68 bits per heavy atom. The Balaban J connectivity index is 2.05. The third-order valence-corrected chi connectivity index (χ3v) is 3.55. The zero-order chi connectivity index (χ0) is 15.8. The van der Waals surface area contributed by atoms with E-state index in [9.17, 15) is 4.79 Å². The van der Waals surface area contributed by atoms with E-state index in [1.807, 2.05) is 48.5 Å². The topological polar surface area (TPSA) is 35.5 Å². The standard InChI is InChI=1S/C18H17BrO3/c1-2-21-18(20)11-9-14-8-10-16(19)17(12-14)22-13-15-6-4-3-5-7-15/h3-12H,2,13H2,1H3. The molecule has 0 amide bonds. The minimum atomic E-state index is -0.350. The van der Waals surface area contributed by atoms with Crippen molar-refractivity contribution >= 4 is 28.0 Å². The van der Waals surface area contributed by atoms with Crippen LogP contribution in [0.3, 0.4) is 0 Å². The molecule has 0 saturated carbocycles. The first kappa shape index (κ1) is 16.3. The van der Waals surface area contributed by atoms with Crippen LogP contribution in [-0.4, -0.2) is 12.6 Å². The second-order valence-corrected chi connectivity index (χ2v) is 5.40. The molecule has 0 heterocycles. The van der Waals surface area contributed by atoms with Crippen LogP contribution in [0, 0.1) is 0 Å². The maximum Gasteiger partial charge on any atom is 0.330 e. The van der Waals surface area contributed by atoms with Gasteiger partial charge in [-0.1, -0.05) is 36.4 Å². The Kier molecular flexibility index (Phi) is 6.22. The summed E-state index contributed by atoms with van der Waals surface area (Å²) in [7, 11) is 0. The van der Waals surface area contributed by atoms with Crippen molar-refractivity contribution in [1.29, 1.82) is 0 Å². The highest BCUT2D eigenvalue weighted by atomic mass is 79.9. The molecule has 0 aromatic heterocycles. The number of benzene rings is 2. The maximum atomic E-state index is 11.3. The lowest BCUT2D eigenvalue weighted by atomic mass is 10.2. The van der Waals surface area contributed by atoms with Gasteiger partial charge >= 0.3 is 5.97 Å². The number of ether oxygens (including phenoxy) is 2. The number of hydrogen-bond acceptors (Lipinski definition) is 3. The van der Waals surface area contributed by atoms with Crippen molar-refractivity contribution in [3.05, 3.63) is 70.2 Å². The van der Waals surface area contributed by atoms with Gasteiger partial charge in [-0.15, -0.1) is 0 Å². The second-order valence-electron chi connectivity index (χ2n) is 4.55. The van der Waals surface area contributed by atoms with Crippen molar-refractivity contribution < 1.29 is 14.3 Å². The molecular formula is C18H17BrO3. The molecule has 0 radical (unpaired) electrons.